The Morgan fingerprint density at radius 3 is 1.25 bits per heavy atom. The van der Waals surface area contributed by atoms with Gasteiger partial charge in [-0.25, -0.2) is 0 Å². The first kappa shape index (κ1) is 23.9. The van der Waals surface area contributed by atoms with Crippen LogP contribution in [0, 0.1) is 0 Å². The SMILES string of the molecule is CC(C)(C)c1ccc2c(c1)Cc1cc(C(C)(C)C)ccc1-2.[Cl-].[Cl-].[Hf]. The van der Waals surface area contributed by atoms with Crippen molar-refractivity contribution in [1.29, 1.82) is 0 Å². The van der Waals surface area contributed by atoms with Crippen LogP contribution in [0.25, 0.3) is 11.1 Å². The van der Waals surface area contributed by atoms with E-state index in [9.17, 15) is 0 Å². The van der Waals surface area contributed by atoms with Crippen molar-refractivity contribution in [3.05, 3.63) is 58.7 Å². The van der Waals surface area contributed by atoms with E-state index in [4.69, 9.17) is 0 Å². The Balaban J connectivity index is 0.00000176. The molecule has 0 unspecified atom stereocenters. The molecule has 2 aromatic carbocycles. The minimum Gasteiger partial charge on any atom is -1.00 e. The topological polar surface area (TPSA) is 0 Å². The van der Waals surface area contributed by atoms with E-state index >= 15 is 0 Å². The molecule has 0 saturated carbocycles. The first-order valence-electron chi connectivity index (χ1n) is 7.93. The first-order chi connectivity index (χ1) is 9.66. The Bertz CT molecular complexity index is 645. The van der Waals surface area contributed by atoms with Gasteiger partial charge in [-0.15, -0.1) is 0 Å². The number of rotatable bonds is 0. The van der Waals surface area contributed by atoms with Crippen LogP contribution in [-0.2, 0) is 43.1 Å². The molecule has 0 saturated heterocycles. The first-order valence-corrected chi connectivity index (χ1v) is 7.93. The van der Waals surface area contributed by atoms with Crippen molar-refractivity contribution in [2.75, 3.05) is 0 Å². The summed E-state index contributed by atoms with van der Waals surface area (Å²) >= 11 is 0. The maximum Gasteiger partial charge on any atom is 0 e. The van der Waals surface area contributed by atoms with Gasteiger partial charge in [-0.1, -0.05) is 77.9 Å². The summed E-state index contributed by atoms with van der Waals surface area (Å²) < 4.78 is 0. The fourth-order valence-electron chi connectivity index (χ4n) is 3.14. The summed E-state index contributed by atoms with van der Waals surface area (Å²) in [6.07, 6.45) is 1.08. The molecule has 0 amide bonds. The van der Waals surface area contributed by atoms with E-state index in [1.165, 1.54) is 33.4 Å². The Hall–Kier alpha value is -0.110. The number of hydrogen-bond donors (Lipinski definition) is 0. The van der Waals surface area contributed by atoms with Crippen molar-refractivity contribution in [2.24, 2.45) is 0 Å². The van der Waals surface area contributed by atoms with E-state index in [2.05, 4.69) is 77.9 Å². The third-order valence-electron chi connectivity index (χ3n) is 4.61. The maximum atomic E-state index is 2.41. The minimum atomic E-state index is 0. The van der Waals surface area contributed by atoms with Crippen LogP contribution in [0.3, 0.4) is 0 Å². The van der Waals surface area contributed by atoms with Gasteiger partial charge in [-0.05, 0) is 50.6 Å². The maximum absolute atomic E-state index is 2.41. The van der Waals surface area contributed by atoms with E-state index in [0.29, 0.717) is 0 Å². The quantitative estimate of drug-likeness (QED) is 0.357. The van der Waals surface area contributed by atoms with Crippen LogP contribution in [0.1, 0.15) is 63.8 Å². The number of halogens is 2. The van der Waals surface area contributed by atoms with Crippen molar-refractivity contribution in [3.8, 4) is 11.1 Å². The zero-order chi connectivity index (χ0) is 15.4. The number of fused-ring (bicyclic) bond motifs is 3. The van der Waals surface area contributed by atoms with Crippen LogP contribution in [0.2, 0.25) is 0 Å². The van der Waals surface area contributed by atoms with E-state index in [0.717, 1.165) is 6.42 Å². The molecule has 2 aromatic rings. The molecule has 0 N–H and O–H groups in total. The summed E-state index contributed by atoms with van der Waals surface area (Å²) in [5.41, 5.74) is 9.15. The van der Waals surface area contributed by atoms with Gasteiger partial charge < -0.3 is 24.8 Å². The minimum absolute atomic E-state index is 0. The molecule has 1 aliphatic carbocycles. The normalized spacial score (nSPS) is 12.2. The zero-order valence-electron chi connectivity index (χ0n) is 15.4. The van der Waals surface area contributed by atoms with Crippen LogP contribution in [0.5, 0.6) is 0 Å². The molecule has 0 spiro atoms. The molecule has 0 aliphatic heterocycles. The van der Waals surface area contributed by atoms with Crippen LogP contribution < -0.4 is 24.8 Å². The van der Waals surface area contributed by atoms with E-state index < -0.39 is 0 Å². The van der Waals surface area contributed by atoms with Gasteiger partial charge in [-0.2, -0.15) is 0 Å². The fourth-order valence-corrected chi connectivity index (χ4v) is 3.14. The monoisotopic (exact) mass is 528 g/mol. The molecule has 0 fully saturated rings. The average Bonchev–Trinajstić information content (AvgIpc) is 2.73. The van der Waals surface area contributed by atoms with Gasteiger partial charge in [0.2, 0.25) is 0 Å². The summed E-state index contributed by atoms with van der Waals surface area (Å²) in [6.45, 7) is 13.7. The Morgan fingerprint density at radius 2 is 0.958 bits per heavy atom. The predicted octanol–water partition coefficient (Wildman–Crippen LogP) is -0.142. The second-order valence-corrected chi connectivity index (χ2v) is 8.42. The van der Waals surface area contributed by atoms with Crippen molar-refractivity contribution in [1.82, 2.24) is 0 Å². The standard InChI is InChI=1S/C21H26.2ClH.Hf/c1-20(2,3)16-7-9-18-14(12-16)11-15-13-17(21(4,5)6)8-10-19(15)18;;;/h7-10,12-13H,11H2,1-6H3;2*1H;/p-2. The zero-order valence-corrected chi connectivity index (χ0v) is 20.5. The molecule has 0 atom stereocenters. The Labute approximate surface area is 178 Å². The van der Waals surface area contributed by atoms with Crippen molar-refractivity contribution >= 4 is 0 Å². The summed E-state index contributed by atoms with van der Waals surface area (Å²) in [4.78, 5) is 0. The molecule has 0 radical (unpaired) electrons. The predicted molar refractivity (Wildman–Crippen MR) is 92.1 cm³/mol. The van der Waals surface area contributed by atoms with Crippen LogP contribution in [-0.4, -0.2) is 0 Å². The molecule has 130 valence electrons. The van der Waals surface area contributed by atoms with E-state index in [1.54, 1.807) is 0 Å². The third-order valence-corrected chi connectivity index (χ3v) is 4.61. The molecule has 0 bridgehead atoms. The second-order valence-electron chi connectivity index (χ2n) is 8.42. The van der Waals surface area contributed by atoms with Crippen molar-refractivity contribution in [3.63, 3.8) is 0 Å². The molecule has 1 aliphatic rings. The Kier molecular flexibility index (Phi) is 8.02. The van der Waals surface area contributed by atoms with Gasteiger partial charge in [-0.3, -0.25) is 0 Å². The van der Waals surface area contributed by atoms with E-state index in [-0.39, 0.29) is 61.5 Å². The second kappa shape index (κ2) is 8.06. The van der Waals surface area contributed by atoms with Gasteiger partial charge in [0.1, 0.15) is 0 Å². The van der Waals surface area contributed by atoms with Gasteiger partial charge >= 0.3 is 0 Å². The smallest absolute Gasteiger partial charge is 0 e. The summed E-state index contributed by atoms with van der Waals surface area (Å²) in [6, 6.07) is 14.0. The number of hydrogen-bond acceptors (Lipinski definition) is 0. The van der Waals surface area contributed by atoms with Crippen LogP contribution in [0.4, 0.5) is 0 Å². The number of benzene rings is 2. The fraction of sp³-hybridized carbons (Fsp3) is 0.429. The van der Waals surface area contributed by atoms with Gasteiger partial charge in [0.05, 0.1) is 0 Å². The average molecular weight is 528 g/mol. The van der Waals surface area contributed by atoms with Crippen molar-refractivity contribution < 1.29 is 50.7 Å². The van der Waals surface area contributed by atoms with Gasteiger partial charge in [0.25, 0.3) is 0 Å². The van der Waals surface area contributed by atoms with Crippen LogP contribution in [0.15, 0.2) is 36.4 Å². The van der Waals surface area contributed by atoms with Crippen molar-refractivity contribution in [2.45, 2.75) is 58.8 Å². The summed E-state index contributed by atoms with van der Waals surface area (Å²) in [5.74, 6) is 0. The molecule has 0 aromatic heterocycles. The van der Waals surface area contributed by atoms with Crippen LogP contribution >= 0.6 is 0 Å². The largest absolute Gasteiger partial charge is 1.00 e. The molecule has 3 heteroatoms. The Morgan fingerprint density at radius 1 is 0.625 bits per heavy atom. The molecule has 24 heavy (non-hydrogen) atoms. The molecule has 3 rings (SSSR count). The molecular weight excluding hydrogens is 502 g/mol. The van der Waals surface area contributed by atoms with Gasteiger partial charge in [0.15, 0.2) is 0 Å². The van der Waals surface area contributed by atoms with Gasteiger partial charge in [0, 0.05) is 25.8 Å². The summed E-state index contributed by atoms with van der Waals surface area (Å²) in [7, 11) is 0. The molecule has 0 nitrogen and oxygen atoms in total. The molecule has 0 heterocycles. The third kappa shape index (κ3) is 4.54. The summed E-state index contributed by atoms with van der Waals surface area (Å²) in [5, 5.41) is 0. The molecular formula is C21H26Cl2Hf-2. The van der Waals surface area contributed by atoms with E-state index in [1.807, 2.05) is 0 Å².